The lowest BCUT2D eigenvalue weighted by Crippen LogP contribution is -2.31. The van der Waals surface area contributed by atoms with Crippen molar-refractivity contribution in [3.05, 3.63) is 64.4 Å². The summed E-state index contributed by atoms with van der Waals surface area (Å²) in [5, 5.41) is 3.33. The van der Waals surface area contributed by atoms with Crippen molar-refractivity contribution < 1.29 is 13.9 Å². The van der Waals surface area contributed by atoms with Gasteiger partial charge in [-0.3, -0.25) is 4.79 Å². The Labute approximate surface area is 153 Å². The van der Waals surface area contributed by atoms with Crippen molar-refractivity contribution in [2.24, 2.45) is 5.92 Å². The third-order valence-corrected chi connectivity index (χ3v) is 4.16. The second kappa shape index (κ2) is 8.86. The molecule has 1 amide bonds. The van der Waals surface area contributed by atoms with Gasteiger partial charge >= 0.3 is 0 Å². The third-order valence-electron chi connectivity index (χ3n) is 3.93. The first-order valence-electron chi connectivity index (χ1n) is 8.26. The standard InChI is InChI=1S/C20H23ClFNO2/c1-13(2)10-19(14-5-8-17(25-3)9-6-14)23-20(24)11-15-4-7-16(21)12-18(15)22/h4-9,12-13,19H,10-11H2,1-3H3,(H,23,24)/t19-/m1/s1. The second-order valence-electron chi connectivity index (χ2n) is 6.44. The first-order chi connectivity index (χ1) is 11.9. The summed E-state index contributed by atoms with van der Waals surface area (Å²) >= 11 is 5.75. The average Bonchev–Trinajstić information content (AvgIpc) is 2.56. The summed E-state index contributed by atoms with van der Waals surface area (Å²) in [6.07, 6.45) is 0.773. The molecule has 0 fully saturated rings. The molecule has 3 nitrogen and oxygen atoms in total. The van der Waals surface area contributed by atoms with Crippen LogP contribution in [0.15, 0.2) is 42.5 Å². The van der Waals surface area contributed by atoms with Crippen LogP contribution in [0.2, 0.25) is 5.02 Å². The Bertz CT molecular complexity index is 716. The van der Waals surface area contributed by atoms with Crippen molar-refractivity contribution in [1.29, 1.82) is 0 Å². The SMILES string of the molecule is COc1ccc([C@@H](CC(C)C)NC(=O)Cc2ccc(Cl)cc2F)cc1. The highest BCUT2D eigenvalue weighted by Crippen LogP contribution is 2.24. The van der Waals surface area contributed by atoms with Crippen LogP contribution in [-0.2, 0) is 11.2 Å². The number of benzene rings is 2. The van der Waals surface area contributed by atoms with Gasteiger partial charge in [0.05, 0.1) is 19.6 Å². The quantitative estimate of drug-likeness (QED) is 0.757. The minimum Gasteiger partial charge on any atom is -0.497 e. The zero-order valence-electron chi connectivity index (χ0n) is 14.7. The van der Waals surface area contributed by atoms with E-state index >= 15 is 0 Å². The molecule has 0 saturated carbocycles. The lowest BCUT2D eigenvalue weighted by molar-refractivity contribution is -0.121. The van der Waals surface area contributed by atoms with Crippen LogP contribution in [0, 0.1) is 11.7 Å². The number of amides is 1. The van der Waals surface area contributed by atoms with Gasteiger partial charge in [-0.05, 0) is 47.7 Å². The van der Waals surface area contributed by atoms with Crippen LogP contribution in [0.3, 0.4) is 0 Å². The molecule has 0 aliphatic carbocycles. The number of hydrogen-bond acceptors (Lipinski definition) is 2. The molecular formula is C20H23ClFNO2. The maximum atomic E-state index is 13.9. The Balaban J connectivity index is 2.11. The first kappa shape index (κ1) is 19.3. The van der Waals surface area contributed by atoms with E-state index in [1.54, 1.807) is 19.2 Å². The Kier molecular flexibility index (Phi) is 6.82. The van der Waals surface area contributed by atoms with Crippen molar-refractivity contribution in [2.75, 3.05) is 7.11 Å². The second-order valence-corrected chi connectivity index (χ2v) is 6.87. The number of rotatable bonds is 7. The molecule has 0 saturated heterocycles. The van der Waals surface area contributed by atoms with Crippen molar-refractivity contribution in [1.82, 2.24) is 5.32 Å². The molecule has 25 heavy (non-hydrogen) atoms. The van der Waals surface area contributed by atoms with E-state index in [4.69, 9.17) is 16.3 Å². The first-order valence-corrected chi connectivity index (χ1v) is 8.64. The number of halogens is 2. The van der Waals surface area contributed by atoms with Gasteiger partial charge in [0.15, 0.2) is 0 Å². The fourth-order valence-corrected chi connectivity index (χ4v) is 2.83. The number of carbonyl (C=O) groups is 1. The number of nitrogens with one attached hydrogen (secondary N) is 1. The molecular weight excluding hydrogens is 341 g/mol. The third kappa shape index (κ3) is 5.75. The van der Waals surface area contributed by atoms with Gasteiger partial charge in [0.2, 0.25) is 5.91 Å². The highest BCUT2D eigenvalue weighted by Gasteiger charge is 2.17. The van der Waals surface area contributed by atoms with Crippen LogP contribution in [-0.4, -0.2) is 13.0 Å². The largest absolute Gasteiger partial charge is 0.497 e. The molecule has 0 heterocycles. The highest BCUT2D eigenvalue weighted by molar-refractivity contribution is 6.30. The summed E-state index contributed by atoms with van der Waals surface area (Å²) in [4.78, 5) is 12.4. The maximum absolute atomic E-state index is 13.9. The number of ether oxygens (including phenoxy) is 1. The summed E-state index contributed by atoms with van der Waals surface area (Å²) in [6, 6.07) is 11.8. The molecule has 1 atom stereocenters. The lowest BCUT2D eigenvalue weighted by Gasteiger charge is -2.21. The smallest absolute Gasteiger partial charge is 0.225 e. The van der Waals surface area contributed by atoms with Gasteiger partial charge in [0, 0.05) is 5.02 Å². The van der Waals surface area contributed by atoms with Gasteiger partial charge in [0.25, 0.3) is 0 Å². The van der Waals surface area contributed by atoms with E-state index in [0.29, 0.717) is 16.5 Å². The van der Waals surface area contributed by atoms with Crippen LogP contribution >= 0.6 is 11.6 Å². The fraction of sp³-hybridized carbons (Fsp3) is 0.350. The Morgan fingerprint density at radius 2 is 1.88 bits per heavy atom. The lowest BCUT2D eigenvalue weighted by atomic mass is 9.96. The van der Waals surface area contributed by atoms with Crippen molar-refractivity contribution in [2.45, 2.75) is 32.7 Å². The van der Waals surface area contributed by atoms with E-state index in [-0.39, 0.29) is 18.4 Å². The predicted molar refractivity (Wildman–Crippen MR) is 98.4 cm³/mol. The monoisotopic (exact) mass is 363 g/mol. The van der Waals surface area contributed by atoms with Gasteiger partial charge < -0.3 is 10.1 Å². The maximum Gasteiger partial charge on any atom is 0.225 e. The van der Waals surface area contributed by atoms with Crippen LogP contribution in [0.25, 0.3) is 0 Å². The molecule has 5 heteroatoms. The van der Waals surface area contributed by atoms with Gasteiger partial charge in [-0.25, -0.2) is 4.39 Å². The van der Waals surface area contributed by atoms with Crippen molar-refractivity contribution >= 4 is 17.5 Å². The van der Waals surface area contributed by atoms with Crippen LogP contribution in [0.5, 0.6) is 5.75 Å². The van der Waals surface area contributed by atoms with E-state index in [0.717, 1.165) is 17.7 Å². The minimum atomic E-state index is -0.465. The number of carbonyl (C=O) groups excluding carboxylic acids is 1. The molecule has 2 aromatic carbocycles. The molecule has 0 aromatic heterocycles. The molecule has 0 unspecified atom stereocenters. The molecule has 1 N–H and O–H groups in total. The normalized spacial score (nSPS) is 12.1. The molecule has 0 bridgehead atoms. The molecule has 134 valence electrons. The minimum absolute atomic E-state index is 0.0201. The van der Waals surface area contributed by atoms with Gasteiger partial charge in [-0.15, -0.1) is 0 Å². The van der Waals surface area contributed by atoms with E-state index in [9.17, 15) is 9.18 Å². The molecule has 0 radical (unpaired) electrons. The Hall–Kier alpha value is -2.07. The van der Waals surface area contributed by atoms with Gasteiger partial charge in [0.1, 0.15) is 11.6 Å². The van der Waals surface area contributed by atoms with Gasteiger partial charge in [-0.2, -0.15) is 0 Å². The van der Waals surface area contributed by atoms with Crippen molar-refractivity contribution in [3.63, 3.8) is 0 Å². The Morgan fingerprint density at radius 3 is 2.44 bits per heavy atom. The zero-order chi connectivity index (χ0) is 18.4. The van der Waals surface area contributed by atoms with E-state index in [2.05, 4.69) is 19.2 Å². The summed E-state index contributed by atoms with van der Waals surface area (Å²) in [5.74, 6) is 0.483. The summed E-state index contributed by atoms with van der Waals surface area (Å²) in [5.41, 5.74) is 1.33. The topological polar surface area (TPSA) is 38.3 Å². The molecule has 0 aliphatic rings. The van der Waals surface area contributed by atoms with E-state index in [1.165, 1.54) is 6.07 Å². The zero-order valence-corrected chi connectivity index (χ0v) is 15.4. The summed E-state index contributed by atoms with van der Waals surface area (Å²) in [7, 11) is 1.61. The van der Waals surface area contributed by atoms with Crippen LogP contribution in [0.4, 0.5) is 4.39 Å². The van der Waals surface area contributed by atoms with Crippen LogP contribution in [0.1, 0.15) is 37.4 Å². The summed E-state index contributed by atoms with van der Waals surface area (Å²) in [6.45, 7) is 4.20. The Morgan fingerprint density at radius 1 is 1.20 bits per heavy atom. The number of methoxy groups -OCH3 is 1. The van der Waals surface area contributed by atoms with E-state index < -0.39 is 5.82 Å². The fourth-order valence-electron chi connectivity index (χ4n) is 2.67. The van der Waals surface area contributed by atoms with Gasteiger partial charge in [-0.1, -0.05) is 43.6 Å². The average molecular weight is 364 g/mol. The molecule has 2 rings (SSSR count). The molecule has 2 aromatic rings. The molecule has 0 aliphatic heterocycles. The van der Waals surface area contributed by atoms with Crippen molar-refractivity contribution in [3.8, 4) is 5.75 Å². The molecule has 0 spiro atoms. The number of hydrogen-bond donors (Lipinski definition) is 1. The predicted octanol–water partition coefficient (Wildman–Crippen LogP) is 4.93. The van der Waals surface area contributed by atoms with Crippen LogP contribution < -0.4 is 10.1 Å². The van der Waals surface area contributed by atoms with E-state index in [1.807, 2.05) is 24.3 Å². The summed E-state index contributed by atoms with van der Waals surface area (Å²) < 4.78 is 19.1. The highest BCUT2D eigenvalue weighted by atomic mass is 35.5.